The van der Waals surface area contributed by atoms with Gasteiger partial charge < -0.3 is 10.00 Å². The van der Waals surface area contributed by atoms with Crippen molar-refractivity contribution >= 4 is 23.7 Å². The summed E-state index contributed by atoms with van der Waals surface area (Å²) in [6.07, 6.45) is 4.25. The monoisotopic (exact) mass is 552 g/mol. The van der Waals surface area contributed by atoms with Gasteiger partial charge in [-0.3, -0.25) is 0 Å². The van der Waals surface area contributed by atoms with Crippen LogP contribution >= 0.6 is 23.7 Å². The van der Waals surface area contributed by atoms with Crippen LogP contribution < -0.4 is 4.89 Å². The van der Waals surface area contributed by atoms with Crippen LogP contribution in [0.3, 0.4) is 0 Å². The molecule has 0 spiro atoms. The van der Waals surface area contributed by atoms with Gasteiger partial charge in [-0.15, -0.1) is 0 Å². The van der Waals surface area contributed by atoms with Gasteiger partial charge in [-0.1, -0.05) is 102 Å². The molecule has 6 heteroatoms. The Morgan fingerprint density at radius 2 is 1.17 bits per heavy atom. The van der Waals surface area contributed by atoms with Crippen LogP contribution in [-0.4, -0.2) is 26.5 Å². The van der Waals surface area contributed by atoms with Gasteiger partial charge in [0.15, 0.2) is 0 Å². The van der Waals surface area contributed by atoms with Gasteiger partial charge in [0.25, 0.3) is 0 Å². The lowest BCUT2D eigenvalue weighted by molar-refractivity contribution is -0.203. The molecule has 1 N–H and O–H groups in total. The minimum atomic E-state index is -3.46. The standard InChI is InChI=1S/C29H34BrN2O2P/c1-21(23-11-5-3-6-12-23)31-27-15-9-10-16-28(27)32(22(2)24-13-7-4-8-14-24)35(31,34)29(33)25-17-19-26(30)20-18-25/h3-8,11-14,17-22,27-29,33H,9-10,15-16H2,1-2H3/t21-,22-,27-,28-,29-/m0/s1. The van der Waals surface area contributed by atoms with Crippen molar-refractivity contribution in [1.29, 1.82) is 0 Å². The minimum absolute atomic E-state index is 0.0781. The molecule has 5 rings (SSSR count). The fraction of sp³-hybridized carbons (Fsp3) is 0.379. The molecular formula is C29H34BrN2O2P. The first kappa shape index (κ1) is 25.1. The first-order valence-electron chi connectivity index (χ1n) is 12.6. The molecule has 184 valence electrons. The lowest BCUT2D eigenvalue weighted by Gasteiger charge is -2.47. The van der Waals surface area contributed by atoms with E-state index in [2.05, 4.69) is 63.4 Å². The van der Waals surface area contributed by atoms with E-state index in [-0.39, 0.29) is 24.2 Å². The molecule has 1 heterocycles. The largest absolute Gasteiger partial charge is 0.648 e. The highest BCUT2D eigenvalue weighted by Crippen LogP contribution is 2.77. The molecular weight excluding hydrogens is 519 g/mol. The zero-order valence-electron chi connectivity index (χ0n) is 20.4. The van der Waals surface area contributed by atoms with Crippen molar-refractivity contribution in [3.8, 4) is 0 Å². The van der Waals surface area contributed by atoms with E-state index < -0.39 is 13.6 Å². The molecule has 2 fully saturated rings. The van der Waals surface area contributed by atoms with Gasteiger partial charge in [0.2, 0.25) is 5.85 Å². The maximum absolute atomic E-state index is 15.6. The lowest BCUT2D eigenvalue weighted by atomic mass is 9.88. The maximum atomic E-state index is 15.6. The van der Waals surface area contributed by atoms with Crippen LogP contribution in [0.5, 0.6) is 0 Å². The number of fused-ring (bicyclic) bond motifs is 1. The number of benzene rings is 3. The summed E-state index contributed by atoms with van der Waals surface area (Å²) in [6.45, 7) is 4.30. The normalized spacial score (nSPS) is 25.1. The summed E-state index contributed by atoms with van der Waals surface area (Å²) in [6, 6.07) is 28.4. The quantitative estimate of drug-likeness (QED) is 0.334. The molecule has 35 heavy (non-hydrogen) atoms. The maximum Gasteiger partial charge on any atom is 0.217 e. The molecule has 0 unspecified atom stereocenters. The lowest BCUT2D eigenvalue weighted by Crippen LogP contribution is -2.41. The van der Waals surface area contributed by atoms with Gasteiger partial charge in [-0.2, -0.15) is 9.34 Å². The number of aliphatic hydroxyl groups is 1. The Labute approximate surface area is 218 Å². The third-order valence-electron chi connectivity index (χ3n) is 7.88. The SMILES string of the molecule is C[C@@H](c1ccccc1)N1[C@H]2CCCC[C@@H]2N([C@@H](C)c2ccccc2)[P+]1([O-])[C@H](O)c1ccc(Br)cc1. The first-order valence-corrected chi connectivity index (χ1v) is 15.1. The van der Waals surface area contributed by atoms with E-state index in [4.69, 9.17) is 0 Å². The number of hydrogen-bond donors (Lipinski definition) is 1. The Balaban J connectivity index is 1.67. The van der Waals surface area contributed by atoms with Crippen molar-refractivity contribution in [3.05, 3.63) is 106 Å². The number of rotatable bonds is 6. The van der Waals surface area contributed by atoms with Crippen molar-refractivity contribution < 1.29 is 10.00 Å². The van der Waals surface area contributed by atoms with Crippen molar-refractivity contribution in [3.63, 3.8) is 0 Å². The molecule has 1 saturated carbocycles. The minimum Gasteiger partial charge on any atom is -0.648 e. The summed E-state index contributed by atoms with van der Waals surface area (Å²) in [5.41, 5.74) is 2.97. The number of halogens is 1. The van der Waals surface area contributed by atoms with Crippen LogP contribution in [0.15, 0.2) is 89.4 Å². The molecule has 3 aromatic carbocycles. The second kappa shape index (κ2) is 10.4. The summed E-state index contributed by atoms with van der Waals surface area (Å²) in [7, 11) is -3.46. The Bertz CT molecular complexity index is 1050. The summed E-state index contributed by atoms with van der Waals surface area (Å²) < 4.78 is 5.38. The van der Waals surface area contributed by atoms with Gasteiger partial charge in [0, 0.05) is 10.0 Å². The van der Waals surface area contributed by atoms with Crippen molar-refractivity contribution in [2.24, 2.45) is 0 Å². The average molecular weight is 553 g/mol. The highest BCUT2D eigenvalue weighted by molar-refractivity contribution is 9.10. The molecule has 0 amide bonds. The predicted octanol–water partition coefficient (Wildman–Crippen LogP) is 7.01. The summed E-state index contributed by atoms with van der Waals surface area (Å²) in [5.74, 6) is -1.10. The van der Waals surface area contributed by atoms with E-state index in [0.717, 1.165) is 41.3 Å². The first-order chi connectivity index (χ1) is 16.9. The van der Waals surface area contributed by atoms with E-state index in [1.807, 2.05) is 60.7 Å². The van der Waals surface area contributed by atoms with Gasteiger partial charge >= 0.3 is 0 Å². The molecule has 4 nitrogen and oxygen atoms in total. The van der Waals surface area contributed by atoms with E-state index in [1.54, 1.807) is 0 Å². The Hall–Kier alpha value is -1.59. The highest BCUT2D eigenvalue weighted by Gasteiger charge is 2.65. The third kappa shape index (κ3) is 4.52. The summed E-state index contributed by atoms with van der Waals surface area (Å²) in [5, 5.41) is 12.0. The van der Waals surface area contributed by atoms with Crippen LogP contribution in [0.4, 0.5) is 0 Å². The molecule has 3 aromatic rings. The molecule has 1 aliphatic carbocycles. The van der Waals surface area contributed by atoms with E-state index in [1.165, 1.54) is 0 Å². The molecule has 1 saturated heterocycles. The number of aliphatic hydroxyl groups excluding tert-OH is 1. The number of nitrogens with zero attached hydrogens (tertiary/aromatic N) is 2. The van der Waals surface area contributed by atoms with Crippen LogP contribution in [0.2, 0.25) is 0 Å². The zero-order chi connectivity index (χ0) is 24.6. The van der Waals surface area contributed by atoms with E-state index in [9.17, 15) is 5.11 Å². The molecule has 0 aromatic heterocycles. The zero-order valence-corrected chi connectivity index (χ0v) is 22.9. The summed E-state index contributed by atoms with van der Waals surface area (Å²) >= 11 is 3.50. The second-order valence-corrected chi connectivity index (χ2v) is 13.4. The smallest absolute Gasteiger partial charge is 0.217 e. The van der Waals surface area contributed by atoms with Crippen molar-refractivity contribution in [2.45, 2.75) is 69.5 Å². The molecule has 0 radical (unpaired) electrons. The second-order valence-electron chi connectivity index (χ2n) is 9.87. The van der Waals surface area contributed by atoms with Crippen LogP contribution in [0.25, 0.3) is 0 Å². The fourth-order valence-corrected chi connectivity index (χ4v) is 10.4. The molecule has 1 aliphatic heterocycles. The fourth-order valence-electron chi connectivity index (χ4n) is 6.17. The van der Waals surface area contributed by atoms with Crippen molar-refractivity contribution in [2.75, 3.05) is 0 Å². The highest BCUT2D eigenvalue weighted by atomic mass is 79.9. The Morgan fingerprint density at radius 3 is 1.60 bits per heavy atom. The summed E-state index contributed by atoms with van der Waals surface area (Å²) in [4.78, 5) is 15.6. The van der Waals surface area contributed by atoms with Crippen LogP contribution in [0, 0.1) is 0 Å². The van der Waals surface area contributed by atoms with E-state index >= 15 is 4.89 Å². The van der Waals surface area contributed by atoms with Gasteiger partial charge in [0.1, 0.15) is 7.79 Å². The Morgan fingerprint density at radius 1 is 0.743 bits per heavy atom. The van der Waals surface area contributed by atoms with E-state index in [0.29, 0.717) is 5.56 Å². The molecule has 2 aliphatic rings. The van der Waals surface area contributed by atoms with Crippen LogP contribution in [-0.2, 0) is 0 Å². The van der Waals surface area contributed by atoms with Crippen LogP contribution in [0.1, 0.15) is 74.1 Å². The van der Waals surface area contributed by atoms with Gasteiger partial charge in [-0.05, 0) is 49.9 Å². The number of hydrogen-bond acceptors (Lipinski definition) is 4. The predicted molar refractivity (Wildman–Crippen MR) is 145 cm³/mol. The van der Waals surface area contributed by atoms with Gasteiger partial charge in [-0.25, -0.2) is 0 Å². The Kier molecular flexibility index (Phi) is 7.46. The third-order valence-corrected chi connectivity index (χ3v) is 12.0. The topological polar surface area (TPSA) is 49.8 Å². The average Bonchev–Trinajstić information content (AvgIpc) is 3.18. The molecule has 5 atom stereocenters. The molecule has 0 bridgehead atoms. The van der Waals surface area contributed by atoms with Crippen molar-refractivity contribution in [1.82, 2.24) is 9.34 Å². The van der Waals surface area contributed by atoms with Gasteiger partial charge in [0.05, 0.1) is 24.2 Å².